The summed E-state index contributed by atoms with van der Waals surface area (Å²) in [4.78, 5) is 15.0. The molecule has 0 unspecified atom stereocenters. The lowest BCUT2D eigenvalue weighted by molar-refractivity contribution is -0.713. The first-order valence-corrected chi connectivity index (χ1v) is 5.13. The lowest BCUT2D eigenvalue weighted by Crippen LogP contribution is -2.87. The maximum absolute atomic E-state index is 12.0. The van der Waals surface area contributed by atoms with E-state index in [0.29, 0.717) is 11.5 Å². The third-order valence-corrected chi connectivity index (χ3v) is 2.51. The van der Waals surface area contributed by atoms with Crippen molar-refractivity contribution in [3.05, 3.63) is 36.0 Å². The van der Waals surface area contributed by atoms with Crippen LogP contribution in [0.25, 0.3) is 10.9 Å². The molecule has 6 N–H and O–H groups in total. The Morgan fingerprint density at radius 1 is 1.35 bits per heavy atom. The molecule has 0 saturated carbocycles. The number of quaternary nitrogens is 1. The topological polar surface area (TPSA) is 97.9 Å². The number of fused-ring (bicyclic) bond motifs is 1. The molecule has 1 amide bonds. The Morgan fingerprint density at radius 3 is 3.06 bits per heavy atom. The molecule has 2 aromatic rings. The number of hydrazine groups is 1. The van der Waals surface area contributed by atoms with Gasteiger partial charge in [-0.1, -0.05) is 23.7 Å². The highest BCUT2D eigenvalue weighted by Gasteiger charge is 2.16. The zero-order chi connectivity index (χ0) is 11.7. The Labute approximate surface area is 96.2 Å². The molecule has 0 atom stereocenters. The van der Waals surface area contributed by atoms with Crippen molar-refractivity contribution < 1.29 is 10.3 Å². The number of nitrogens with one attached hydrogen (secondary N) is 4. The number of para-hydroxylation sites is 1. The number of nitrogens with two attached hydrogens (primary N) is 1. The summed E-state index contributed by atoms with van der Waals surface area (Å²) in [6, 6.07) is 7.64. The molecule has 3 rings (SSSR count). The van der Waals surface area contributed by atoms with E-state index in [1.165, 1.54) is 5.53 Å². The van der Waals surface area contributed by atoms with Crippen LogP contribution in [0.3, 0.4) is 0 Å². The maximum atomic E-state index is 12.0. The van der Waals surface area contributed by atoms with Gasteiger partial charge in [-0.15, -0.1) is 5.53 Å². The molecule has 1 aliphatic rings. The molecule has 7 heteroatoms. The minimum absolute atomic E-state index is 0.203. The van der Waals surface area contributed by atoms with Crippen LogP contribution in [-0.4, -0.2) is 16.9 Å². The molecule has 17 heavy (non-hydrogen) atoms. The number of guanidine groups is 1. The summed E-state index contributed by atoms with van der Waals surface area (Å²) in [6.07, 6.45) is 1.69. The van der Waals surface area contributed by atoms with Gasteiger partial charge < -0.3 is 4.98 Å². The number of hydrogen-bond donors (Lipinski definition) is 5. The minimum Gasteiger partial charge on any atom is -0.360 e. The van der Waals surface area contributed by atoms with E-state index in [-0.39, 0.29) is 5.91 Å². The van der Waals surface area contributed by atoms with Gasteiger partial charge in [-0.25, -0.2) is 5.43 Å². The van der Waals surface area contributed by atoms with Gasteiger partial charge in [0.15, 0.2) is 0 Å². The van der Waals surface area contributed by atoms with E-state index in [9.17, 15) is 4.79 Å². The Balaban J connectivity index is 1.90. The number of carbonyl (C=O) groups is 1. The summed E-state index contributed by atoms with van der Waals surface area (Å²) < 4.78 is 0. The molecule has 86 valence electrons. The number of amides is 1. The highest BCUT2D eigenvalue weighted by Crippen LogP contribution is 2.17. The Morgan fingerprint density at radius 2 is 2.24 bits per heavy atom. The number of hydrogen-bond acceptors (Lipinski definition) is 4. The SMILES string of the molecule is O=C(NC1=N[NH2+]NN1)c1c[nH]c2ccccc12. The van der Waals surface area contributed by atoms with Gasteiger partial charge in [-0.05, 0) is 11.2 Å². The van der Waals surface area contributed by atoms with Crippen molar-refractivity contribution in [2.24, 2.45) is 5.10 Å². The molecule has 1 aliphatic heterocycles. The summed E-state index contributed by atoms with van der Waals surface area (Å²) in [5, 5.41) is 7.44. The number of rotatable bonds is 1. The van der Waals surface area contributed by atoms with Gasteiger partial charge in [0.1, 0.15) is 0 Å². The Hall–Kier alpha value is -2.38. The number of carbonyl (C=O) groups excluding carboxylic acids is 1. The summed E-state index contributed by atoms with van der Waals surface area (Å²) in [7, 11) is 0. The molecule has 1 aromatic heterocycles. The number of nitrogens with zero attached hydrogens (tertiary/aromatic N) is 1. The van der Waals surface area contributed by atoms with Crippen molar-refractivity contribution in [3.63, 3.8) is 0 Å². The maximum Gasteiger partial charge on any atom is 0.277 e. The zero-order valence-corrected chi connectivity index (χ0v) is 8.82. The van der Waals surface area contributed by atoms with Crippen molar-refractivity contribution >= 4 is 22.8 Å². The Bertz CT molecular complexity index is 602. The minimum atomic E-state index is -0.203. The van der Waals surface area contributed by atoms with Crippen molar-refractivity contribution in [3.8, 4) is 0 Å². The first kappa shape index (κ1) is 9.82. The van der Waals surface area contributed by atoms with Crippen molar-refractivity contribution in [2.75, 3.05) is 0 Å². The normalized spacial score (nSPS) is 14.5. The van der Waals surface area contributed by atoms with Crippen molar-refractivity contribution in [1.29, 1.82) is 0 Å². The number of benzene rings is 1. The third-order valence-electron chi connectivity index (χ3n) is 2.51. The quantitative estimate of drug-likeness (QED) is 0.397. The number of aromatic nitrogens is 1. The smallest absolute Gasteiger partial charge is 0.277 e. The second-order valence-electron chi connectivity index (χ2n) is 3.58. The summed E-state index contributed by atoms with van der Waals surface area (Å²) in [6.45, 7) is 0. The van der Waals surface area contributed by atoms with Crippen LogP contribution in [0.1, 0.15) is 10.4 Å². The van der Waals surface area contributed by atoms with Crippen LogP contribution >= 0.6 is 0 Å². The van der Waals surface area contributed by atoms with E-state index in [1.807, 2.05) is 24.3 Å². The average Bonchev–Trinajstić information content (AvgIpc) is 2.96. The summed E-state index contributed by atoms with van der Waals surface area (Å²) in [5.41, 5.74) is 8.35. The second kappa shape index (κ2) is 3.89. The molecular weight excluding hydrogens is 220 g/mol. The summed E-state index contributed by atoms with van der Waals surface area (Å²) >= 11 is 0. The van der Waals surface area contributed by atoms with Crippen LogP contribution in [0.15, 0.2) is 35.6 Å². The van der Waals surface area contributed by atoms with Crippen molar-refractivity contribution in [2.45, 2.75) is 0 Å². The van der Waals surface area contributed by atoms with Gasteiger partial charge >= 0.3 is 0 Å². The van der Waals surface area contributed by atoms with Gasteiger partial charge in [-0.3, -0.25) is 10.1 Å². The molecule has 0 bridgehead atoms. The highest BCUT2D eigenvalue weighted by atomic mass is 16.2. The fourth-order valence-corrected chi connectivity index (χ4v) is 1.73. The molecule has 0 fully saturated rings. The van der Waals surface area contributed by atoms with Gasteiger partial charge in [0, 0.05) is 17.1 Å². The van der Waals surface area contributed by atoms with Crippen LogP contribution in [0, 0.1) is 0 Å². The predicted octanol–water partition coefficient (Wildman–Crippen LogP) is -1.25. The van der Waals surface area contributed by atoms with E-state index < -0.39 is 0 Å². The average molecular weight is 231 g/mol. The van der Waals surface area contributed by atoms with Crippen LogP contribution < -0.4 is 21.8 Å². The van der Waals surface area contributed by atoms with Gasteiger partial charge in [-0.2, -0.15) is 0 Å². The van der Waals surface area contributed by atoms with E-state index in [1.54, 1.807) is 6.20 Å². The third kappa shape index (κ3) is 1.73. The fourth-order valence-electron chi connectivity index (χ4n) is 1.73. The zero-order valence-electron chi connectivity index (χ0n) is 8.82. The lowest BCUT2D eigenvalue weighted by Gasteiger charge is -2.00. The summed E-state index contributed by atoms with van der Waals surface area (Å²) in [5.74, 6) is 0.186. The number of H-pyrrole nitrogens is 1. The molecule has 7 nitrogen and oxygen atoms in total. The largest absolute Gasteiger partial charge is 0.360 e. The van der Waals surface area contributed by atoms with Crippen LogP contribution in [-0.2, 0) is 0 Å². The standard InChI is InChI=1S/C10H10N6O/c17-9(12-10-13-15-16-14-10)7-5-11-8-4-2-1-3-6(7)8/h1-5,11,15-16H,(H2,12,13,14,17)/p+1. The van der Waals surface area contributed by atoms with Gasteiger partial charge in [0.2, 0.25) is 0 Å². The lowest BCUT2D eigenvalue weighted by atomic mass is 10.1. The van der Waals surface area contributed by atoms with Crippen LogP contribution in [0.4, 0.5) is 0 Å². The molecule has 1 aromatic carbocycles. The monoisotopic (exact) mass is 231 g/mol. The highest BCUT2D eigenvalue weighted by molar-refractivity contribution is 6.12. The molecule has 0 aliphatic carbocycles. The van der Waals surface area contributed by atoms with Crippen LogP contribution in [0.5, 0.6) is 0 Å². The predicted molar refractivity (Wildman–Crippen MR) is 61.4 cm³/mol. The van der Waals surface area contributed by atoms with Crippen LogP contribution in [0.2, 0.25) is 0 Å². The second-order valence-corrected chi connectivity index (χ2v) is 3.58. The molecule has 0 spiro atoms. The van der Waals surface area contributed by atoms with E-state index >= 15 is 0 Å². The van der Waals surface area contributed by atoms with E-state index in [4.69, 9.17) is 0 Å². The fraction of sp³-hybridized carbons (Fsp3) is 0. The van der Waals surface area contributed by atoms with Gasteiger partial charge in [0.05, 0.1) is 5.56 Å². The molecule has 0 saturated heterocycles. The van der Waals surface area contributed by atoms with E-state index in [0.717, 1.165) is 10.9 Å². The molecule has 0 radical (unpaired) electrons. The van der Waals surface area contributed by atoms with E-state index in [2.05, 4.69) is 26.4 Å². The van der Waals surface area contributed by atoms with Crippen molar-refractivity contribution in [1.82, 2.24) is 21.3 Å². The molecular formula is C10H11N6O+. The Kier molecular flexibility index (Phi) is 2.25. The molecule has 2 heterocycles. The number of aromatic amines is 1. The first-order chi connectivity index (χ1) is 8.34. The first-order valence-electron chi connectivity index (χ1n) is 5.13. The van der Waals surface area contributed by atoms with Gasteiger partial charge in [0.25, 0.3) is 11.9 Å².